The SMILES string of the molecule is COCP(=O)(NC(C)C(=O)OC(C)C)Oc1ccc2c(c1)CC[C@@H]1[C@@H]2CC[C@]2(C)[C@@H](O)CC[C@@H]12. The number of carbonyl (C=O) groups excluding carboxylic acids is 1. The monoisotopic (exact) mass is 493 g/mol. The van der Waals surface area contributed by atoms with Crippen LogP contribution in [0.4, 0.5) is 0 Å². The van der Waals surface area contributed by atoms with Gasteiger partial charge in [-0.2, -0.15) is 0 Å². The number of carbonyl (C=O) groups is 1. The van der Waals surface area contributed by atoms with Gasteiger partial charge < -0.3 is 19.1 Å². The number of esters is 1. The predicted molar refractivity (Wildman–Crippen MR) is 131 cm³/mol. The summed E-state index contributed by atoms with van der Waals surface area (Å²) in [5, 5.41) is 13.4. The van der Waals surface area contributed by atoms with E-state index < -0.39 is 19.5 Å². The Labute approximate surface area is 203 Å². The van der Waals surface area contributed by atoms with Gasteiger partial charge in [0.2, 0.25) is 0 Å². The summed E-state index contributed by atoms with van der Waals surface area (Å²) in [6, 6.07) is 5.23. The fraction of sp³-hybridized carbons (Fsp3) is 0.731. The molecule has 8 heteroatoms. The Bertz CT molecular complexity index is 951. The van der Waals surface area contributed by atoms with E-state index in [0.717, 1.165) is 38.5 Å². The van der Waals surface area contributed by atoms with E-state index in [9.17, 15) is 14.5 Å². The molecule has 34 heavy (non-hydrogen) atoms. The molecule has 0 aliphatic heterocycles. The van der Waals surface area contributed by atoms with E-state index in [1.54, 1.807) is 20.8 Å². The molecule has 2 fully saturated rings. The fourth-order valence-electron chi connectivity index (χ4n) is 6.70. The van der Waals surface area contributed by atoms with Gasteiger partial charge in [0, 0.05) is 7.11 Å². The molecule has 2 N–H and O–H groups in total. The second-order valence-corrected chi connectivity index (χ2v) is 13.0. The zero-order chi connectivity index (χ0) is 24.7. The van der Waals surface area contributed by atoms with Crippen LogP contribution in [0.5, 0.6) is 5.75 Å². The average molecular weight is 494 g/mol. The van der Waals surface area contributed by atoms with Crippen LogP contribution in [0.25, 0.3) is 0 Å². The number of ether oxygens (including phenoxy) is 2. The van der Waals surface area contributed by atoms with Crippen molar-refractivity contribution >= 4 is 13.5 Å². The Morgan fingerprint density at radius 1 is 1.24 bits per heavy atom. The van der Waals surface area contributed by atoms with E-state index in [0.29, 0.717) is 23.5 Å². The maximum atomic E-state index is 13.5. The first-order chi connectivity index (χ1) is 16.1. The lowest BCUT2D eigenvalue weighted by molar-refractivity contribution is -0.149. The lowest BCUT2D eigenvalue weighted by Gasteiger charge is -2.50. The zero-order valence-corrected chi connectivity index (χ0v) is 22.0. The number of benzene rings is 1. The summed E-state index contributed by atoms with van der Waals surface area (Å²) in [5.41, 5.74) is 2.68. The molecule has 7 atom stereocenters. The first-order valence-corrected chi connectivity index (χ1v) is 14.4. The molecule has 0 amide bonds. The van der Waals surface area contributed by atoms with Crippen molar-refractivity contribution in [3.63, 3.8) is 0 Å². The minimum Gasteiger partial charge on any atom is -0.462 e. The number of fused-ring (bicyclic) bond motifs is 5. The number of aliphatic hydroxyl groups excluding tert-OH is 1. The fourth-order valence-corrected chi connectivity index (χ4v) is 8.37. The molecule has 2 unspecified atom stereocenters. The molecule has 0 heterocycles. The van der Waals surface area contributed by atoms with Crippen LogP contribution in [0.2, 0.25) is 0 Å². The van der Waals surface area contributed by atoms with Gasteiger partial charge in [-0.15, -0.1) is 0 Å². The first kappa shape index (κ1) is 25.7. The van der Waals surface area contributed by atoms with Gasteiger partial charge in [0.25, 0.3) is 0 Å². The predicted octanol–water partition coefficient (Wildman–Crippen LogP) is 5.01. The maximum Gasteiger partial charge on any atom is 0.342 e. The maximum absolute atomic E-state index is 13.5. The largest absolute Gasteiger partial charge is 0.462 e. The van der Waals surface area contributed by atoms with Crippen LogP contribution in [-0.4, -0.2) is 42.8 Å². The van der Waals surface area contributed by atoms with E-state index in [1.165, 1.54) is 18.2 Å². The standard InChI is InChI=1S/C26H40NO6P/c1-16(2)32-25(29)17(3)27-34(30,15-31-5)33-19-7-9-20-18(14-19)6-8-22-21(20)12-13-26(4)23(22)10-11-24(26)28/h7,9,14,16-17,21-24,28H,6,8,10-13,15H2,1-5H3,(H,27,30)/t17?,21-,22-,23+,24+,26+,34?/m1/s1. The molecule has 0 bridgehead atoms. The van der Waals surface area contributed by atoms with Crippen molar-refractivity contribution in [2.45, 2.75) is 90.4 Å². The highest BCUT2D eigenvalue weighted by Gasteiger charge is 2.54. The van der Waals surface area contributed by atoms with E-state index in [4.69, 9.17) is 14.0 Å². The normalized spacial score (nSPS) is 32.8. The van der Waals surface area contributed by atoms with Crippen molar-refractivity contribution in [2.75, 3.05) is 13.5 Å². The highest BCUT2D eigenvalue weighted by atomic mass is 31.2. The van der Waals surface area contributed by atoms with Crippen LogP contribution in [0.15, 0.2) is 18.2 Å². The number of hydrogen-bond acceptors (Lipinski definition) is 6. The number of aliphatic hydroxyl groups is 1. The van der Waals surface area contributed by atoms with Gasteiger partial charge in [0.15, 0.2) is 0 Å². The summed E-state index contributed by atoms with van der Waals surface area (Å²) in [7, 11) is -2.03. The minimum atomic E-state index is -3.49. The summed E-state index contributed by atoms with van der Waals surface area (Å²) < 4.78 is 29.8. The number of aryl methyl sites for hydroxylation is 1. The van der Waals surface area contributed by atoms with Gasteiger partial charge in [0.1, 0.15) is 18.1 Å². The zero-order valence-electron chi connectivity index (χ0n) is 21.1. The van der Waals surface area contributed by atoms with Gasteiger partial charge in [-0.1, -0.05) is 13.0 Å². The Hall–Kier alpha value is -1.40. The van der Waals surface area contributed by atoms with E-state index in [1.807, 2.05) is 12.1 Å². The molecular formula is C26H40NO6P. The van der Waals surface area contributed by atoms with Crippen LogP contribution in [-0.2, 0) is 25.3 Å². The van der Waals surface area contributed by atoms with Crippen molar-refractivity contribution in [1.29, 1.82) is 0 Å². The van der Waals surface area contributed by atoms with Crippen LogP contribution < -0.4 is 9.61 Å². The Morgan fingerprint density at radius 3 is 2.71 bits per heavy atom. The summed E-state index contributed by atoms with van der Waals surface area (Å²) in [6.07, 6.45) is 5.70. The molecule has 7 nitrogen and oxygen atoms in total. The Balaban J connectivity index is 1.49. The highest BCUT2D eigenvalue weighted by Crippen LogP contribution is 2.61. The van der Waals surface area contributed by atoms with Crippen molar-refractivity contribution < 1.29 is 28.5 Å². The Kier molecular flexibility index (Phi) is 7.50. The molecule has 0 spiro atoms. The van der Waals surface area contributed by atoms with Crippen molar-refractivity contribution in [2.24, 2.45) is 17.3 Å². The van der Waals surface area contributed by atoms with Gasteiger partial charge in [-0.3, -0.25) is 9.36 Å². The second kappa shape index (κ2) is 9.93. The van der Waals surface area contributed by atoms with E-state index in [-0.39, 0.29) is 24.0 Å². The molecule has 4 rings (SSSR count). The molecule has 190 valence electrons. The Morgan fingerprint density at radius 2 is 2.00 bits per heavy atom. The lowest BCUT2D eigenvalue weighted by Crippen LogP contribution is -2.43. The van der Waals surface area contributed by atoms with Crippen LogP contribution in [0, 0.1) is 17.3 Å². The smallest absolute Gasteiger partial charge is 0.342 e. The third kappa shape index (κ3) is 4.95. The van der Waals surface area contributed by atoms with Gasteiger partial charge >= 0.3 is 13.5 Å². The quantitative estimate of drug-likeness (QED) is 0.388. The molecule has 2 saturated carbocycles. The molecular weight excluding hydrogens is 453 g/mol. The highest BCUT2D eigenvalue weighted by molar-refractivity contribution is 7.57. The molecule has 0 aromatic heterocycles. The van der Waals surface area contributed by atoms with Gasteiger partial charge in [-0.05, 0) is 106 Å². The van der Waals surface area contributed by atoms with Crippen molar-refractivity contribution in [1.82, 2.24) is 5.09 Å². The average Bonchev–Trinajstić information content (AvgIpc) is 3.07. The summed E-state index contributed by atoms with van der Waals surface area (Å²) in [4.78, 5) is 12.2. The van der Waals surface area contributed by atoms with Gasteiger partial charge in [-0.25, -0.2) is 5.09 Å². The van der Waals surface area contributed by atoms with E-state index in [2.05, 4.69) is 18.1 Å². The van der Waals surface area contributed by atoms with Crippen LogP contribution in [0.1, 0.15) is 76.8 Å². The third-order valence-electron chi connectivity index (χ3n) is 8.30. The lowest BCUT2D eigenvalue weighted by atomic mass is 9.55. The number of hydrogen-bond donors (Lipinski definition) is 2. The van der Waals surface area contributed by atoms with Crippen molar-refractivity contribution in [3.05, 3.63) is 29.3 Å². The van der Waals surface area contributed by atoms with Crippen molar-refractivity contribution in [3.8, 4) is 5.75 Å². The molecule has 3 aliphatic rings. The topological polar surface area (TPSA) is 94.1 Å². The number of nitrogens with one attached hydrogen (secondary N) is 1. The molecule has 1 aromatic rings. The second-order valence-electron chi connectivity index (χ2n) is 10.9. The molecule has 0 saturated heterocycles. The van der Waals surface area contributed by atoms with Crippen LogP contribution >= 0.6 is 7.52 Å². The summed E-state index contributed by atoms with van der Waals surface area (Å²) >= 11 is 0. The third-order valence-corrected chi connectivity index (χ3v) is 10.2. The molecule has 1 aromatic carbocycles. The number of methoxy groups -OCH3 is 1. The molecule has 0 radical (unpaired) electrons. The van der Waals surface area contributed by atoms with E-state index >= 15 is 0 Å². The first-order valence-electron chi connectivity index (χ1n) is 12.6. The number of rotatable bonds is 8. The summed E-state index contributed by atoms with van der Waals surface area (Å²) in [5.74, 6) is 1.75. The van der Waals surface area contributed by atoms with Crippen LogP contribution in [0.3, 0.4) is 0 Å². The minimum absolute atomic E-state index is 0.0631. The van der Waals surface area contributed by atoms with Gasteiger partial charge in [0.05, 0.1) is 12.2 Å². The molecule has 3 aliphatic carbocycles. The summed E-state index contributed by atoms with van der Waals surface area (Å²) in [6.45, 7) is 7.45.